The van der Waals surface area contributed by atoms with Crippen LogP contribution in [0, 0.1) is 0 Å². The minimum atomic E-state index is -0.147. The Morgan fingerprint density at radius 1 is 0.725 bits per heavy atom. The number of phenolic OH excluding ortho intramolecular Hbond substituents is 1. The van der Waals surface area contributed by atoms with Crippen molar-refractivity contribution >= 4 is 0 Å². The van der Waals surface area contributed by atoms with Gasteiger partial charge in [-0.15, -0.1) is 5.06 Å². The molecule has 0 bridgehead atoms. The van der Waals surface area contributed by atoms with Crippen molar-refractivity contribution in [2.75, 3.05) is 0 Å². The van der Waals surface area contributed by atoms with Crippen LogP contribution in [0.15, 0.2) is 97.1 Å². The lowest BCUT2D eigenvalue weighted by Gasteiger charge is -2.35. The van der Waals surface area contributed by atoms with Gasteiger partial charge in [-0.1, -0.05) is 139 Å². The van der Waals surface area contributed by atoms with Gasteiger partial charge in [0, 0.05) is 23.2 Å². The number of aromatic hydroxyl groups is 1. The van der Waals surface area contributed by atoms with Gasteiger partial charge < -0.3 is 15.3 Å². The average molecular weight is 535 g/mol. The summed E-state index contributed by atoms with van der Waals surface area (Å²) in [6.45, 7) is 14.3. The Balaban J connectivity index is 1.55. The van der Waals surface area contributed by atoms with Gasteiger partial charge in [-0.25, -0.2) is 0 Å². The monoisotopic (exact) mass is 534 g/mol. The zero-order valence-electron chi connectivity index (χ0n) is 24.6. The summed E-state index contributed by atoms with van der Waals surface area (Å²) in [5.41, 5.74) is 6.42. The molecule has 0 unspecified atom stereocenters. The zero-order valence-corrected chi connectivity index (χ0v) is 24.6. The summed E-state index contributed by atoms with van der Waals surface area (Å²) in [5.74, 6) is 1.34. The van der Waals surface area contributed by atoms with E-state index in [4.69, 9.17) is 4.84 Å². The average Bonchev–Trinajstić information content (AvgIpc) is 3.35. The van der Waals surface area contributed by atoms with Gasteiger partial charge in [0.15, 0.2) is 5.75 Å². The normalized spacial score (nSPS) is 15.3. The number of hydrogen-bond donors (Lipinski definition) is 2. The molecule has 0 aromatic heterocycles. The van der Waals surface area contributed by atoms with E-state index < -0.39 is 0 Å². The van der Waals surface area contributed by atoms with Crippen molar-refractivity contribution in [1.82, 2.24) is 10.4 Å². The van der Waals surface area contributed by atoms with Crippen LogP contribution >= 0.6 is 0 Å². The molecule has 2 N–H and O–H groups in total. The second-order valence-corrected chi connectivity index (χ2v) is 12.9. The van der Waals surface area contributed by atoms with Gasteiger partial charge in [0.1, 0.15) is 5.75 Å². The van der Waals surface area contributed by atoms with Crippen molar-refractivity contribution < 1.29 is 9.94 Å². The minimum Gasteiger partial charge on any atom is -0.507 e. The molecule has 208 valence electrons. The largest absolute Gasteiger partial charge is 0.507 e. The van der Waals surface area contributed by atoms with E-state index in [1.54, 1.807) is 0 Å². The zero-order chi connectivity index (χ0) is 28.5. The summed E-state index contributed by atoms with van der Waals surface area (Å²) < 4.78 is 0. The van der Waals surface area contributed by atoms with E-state index in [2.05, 4.69) is 131 Å². The molecule has 4 nitrogen and oxygen atoms in total. The topological polar surface area (TPSA) is 44.7 Å². The number of rotatable bonds is 7. The minimum absolute atomic E-state index is 0.0315. The van der Waals surface area contributed by atoms with E-state index in [1.807, 2.05) is 18.2 Å². The Hall–Kier alpha value is -3.60. The molecule has 1 heterocycles. The second kappa shape index (κ2) is 11.1. The molecule has 1 aliphatic heterocycles. The fourth-order valence-corrected chi connectivity index (χ4v) is 5.69. The summed E-state index contributed by atoms with van der Waals surface area (Å²) in [5, 5.41) is 17.2. The number of nitrogens with one attached hydrogen (secondary N) is 1. The van der Waals surface area contributed by atoms with E-state index >= 15 is 0 Å². The Labute approximate surface area is 239 Å². The predicted octanol–water partition coefficient (Wildman–Crippen LogP) is 8.37. The number of nitrogens with zero attached hydrogens (tertiary/aromatic N) is 1. The predicted molar refractivity (Wildman–Crippen MR) is 163 cm³/mol. The molecule has 0 aliphatic carbocycles. The lowest BCUT2D eigenvalue weighted by atomic mass is 9.85. The lowest BCUT2D eigenvalue weighted by molar-refractivity contribution is -0.0969. The summed E-state index contributed by atoms with van der Waals surface area (Å²) in [6.07, 6.45) is 0. The van der Waals surface area contributed by atoms with Gasteiger partial charge in [-0.2, -0.15) is 0 Å². The fourth-order valence-electron chi connectivity index (χ4n) is 5.69. The Kier molecular flexibility index (Phi) is 7.76. The number of para-hydroxylation sites is 2. The van der Waals surface area contributed by atoms with Gasteiger partial charge in [-0.05, 0) is 27.5 Å². The van der Waals surface area contributed by atoms with E-state index in [0.29, 0.717) is 18.8 Å². The summed E-state index contributed by atoms with van der Waals surface area (Å²) in [7, 11) is 0. The molecule has 4 aromatic rings. The van der Waals surface area contributed by atoms with Crippen LogP contribution in [0.1, 0.15) is 87.0 Å². The first kappa shape index (κ1) is 27.9. The number of fused-ring (bicyclic) bond motifs is 1. The van der Waals surface area contributed by atoms with Crippen molar-refractivity contribution in [2.45, 2.75) is 77.5 Å². The van der Waals surface area contributed by atoms with Crippen molar-refractivity contribution in [2.24, 2.45) is 0 Å². The van der Waals surface area contributed by atoms with Crippen LogP contribution in [-0.4, -0.2) is 10.2 Å². The Morgan fingerprint density at radius 3 is 1.93 bits per heavy atom. The Bertz CT molecular complexity index is 1440. The molecule has 0 saturated carbocycles. The van der Waals surface area contributed by atoms with Crippen LogP contribution in [0.2, 0.25) is 0 Å². The third-order valence-electron chi connectivity index (χ3n) is 7.81. The van der Waals surface area contributed by atoms with Crippen LogP contribution in [-0.2, 0) is 23.9 Å². The molecule has 0 spiro atoms. The Morgan fingerprint density at radius 2 is 1.30 bits per heavy atom. The van der Waals surface area contributed by atoms with Crippen molar-refractivity contribution in [3.63, 3.8) is 0 Å². The third-order valence-corrected chi connectivity index (χ3v) is 7.81. The first-order valence-corrected chi connectivity index (χ1v) is 14.3. The maximum Gasteiger partial charge on any atom is 0.155 e. The molecule has 40 heavy (non-hydrogen) atoms. The smallest absolute Gasteiger partial charge is 0.155 e. The summed E-state index contributed by atoms with van der Waals surface area (Å²) in [4.78, 5) is 6.77. The van der Waals surface area contributed by atoms with E-state index in [1.165, 1.54) is 22.3 Å². The first-order valence-electron chi connectivity index (χ1n) is 14.3. The molecule has 1 aliphatic rings. The number of phenols is 1. The molecule has 2 atom stereocenters. The molecule has 0 fully saturated rings. The van der Waals surface area contributed by atoms with E-state index in [-0.39, 0.29) is 22.9 Å². The third kappa shape index (κ3) is 5.79. The maximum atomic E-state index is 11.2. The number of benzene rings is 4. The SMILES string of the molecule is CC(C)(C)c1cccc(CN[C@H](c2ccccc2)[C@@H](c2ccccc2)N2Cc3cccc(C(C)(C)C)c3O2)c1O. The van der Waals surface area contributed by atoms with Gasteiger partial charge in [0.05, 0.1) is 18.6 Å². The molecule has 4 aromatic carbocycles. The van der Waals surface area contributed by atoms with Crippen LogP contribution in [0.4, 0.5) is 0 Å². The molecule has 5 rings (SSSR count). The van der Waals surface area contributed by atoms with Crippen molar-refractivity contribution in [3.8, 4) is 11.5 Å². The lowest BCUT2D eigenvalue weighted by Crippen LogP contribution is -2.38. The molecular formula is C36H42N2O2. The van der Waals surface area contributed by atoms with E-state index in [0.717, 1.165) is 16.9 Å². The van der Waals surface area contributed by atoms with Crippen LogP contribution in [0.3, 0.4) is 0 Å². The van der Waals surface area contributed by atoms with E-state index in [9.17, 15) is 5.11 Å². The van der Waals surface area contributed by atoms with Crippen molar-refractivity contribution in [3.05, 3.63) is 130 Å². The van der Waals surface area contributed by atoms with Gasteiger partial charge in [0.25, 0.3) is 0 Å². The van der Waals surface area contributed by atoms with Crippen molar-refractivity contribution in [1.29, 1.82) is 0 Å². The highest BCUT2D eigenvalue weighted by Gasteiger charge is 2.38. The summed E-state index contributed by atoms with van der Waals surface area (Å²) >= 11 is 0. The van der Waals surface area contributed by atoms with Gasteiger partial charge >= 0.3 is 0 Å². The number of hydrogen-bond acceptors (Lipinski definition) is 4. The molecule has 0 saturated heterocycles. The highest BCUT2D eigenvalue weighted by Crippen LogP contribution is 2.44. The fraction of sp³-hybridized carbons (Fsp3) is 0.333. The maximum absolute atomic E-state index is 11.2. The van der Waals surface area contributed by atoms with Gasteiger partial charge in [0.2, 0.25) is 0 Å². The number of hydroxylamine groups is 2. The molecule has 0 amide bonds. The van der Waals surface area contributed by atoms with Crippen LogP contribution in [0.5, 0.6) is 11.5 Å². The van der Waals surface area contributed by atoms with Crippen LogP contribution < -0.4 is 10.2 Å². The molecular weight excluding hydrogens is 492 g/mol. The van der Waals surface area contributed by atoms with Gasteiger partial charge in [-0.3, -0.25) is 0 Å². The molecule has 0 radical (unpaired) electrons. The summed E-state index contributed by atoms with van der Waals surface area (Å²) in [6, 6.07) is 33.5. The standard InChI is InChI=1S/C36H42N2O2/c1-35(2,3)29-21-13-19-27(33(29)39)23-37-31(25-15-9-7-10-16-25)32(26-17-11-8-12-18-26)38-24-28-20-14-22-30(34(28)40-38)36(4,5)6/h7-22,31-32,37,39H,23-24H2,1-6H3/t31-,32-/m1/s1. The highest BCUT2D eigenvalue weighted by atomic mass is 16.7. The quantitative estimate of drug-likeness (QED) is 0.250. The van der Waals surface area contributed by atoms with Crippen LogP contribution in [0.25, 0.3) is 0 Å². The first-order chi connectivity index (χ1) is 19.0. The molecule has 4 heteroatoms. The second-order valence-electron chi connectivity index (χ2n) is 12.9. The highest BCUT2D eigenvalue weighted by molar-refractivity contribution is 5.47.